The van der Waals surface area contributed by atoms with E-state index in [0.717, 1.165) is 15.6 Å². The number of sulfonamides is 1. The van der Waals surface area contributed by atoms with Crippen molar-refractivity contribution in [3.8, 4) is 0 Å². The highest BCUT2D eigenvalue weighted by atomic mass is 32.2. The topological polar surface area (TPSA) is 85.1 Å². The number of nitrogens with one attached hydrogen (secondary N) is 1. The number of benzene rings is 1. The highest BCUT2D eigenvalue weighted by Gasteiger charge is 2.20. The Morgan fingerprint density at radius 1 is 1.33 bits per heavy atom. The number of rotatable bonds is 5. The van der Waals surface area contributed by atoms with Gasteiger partial charge >= 0.3 is 0 Å². The lowest BCUT2D eigenvalue weighted by atomic mass is 10.2. The SMILES string of the molecule is Cc1nc(C)c(C(C)NS(=O)(=O)Cc2ccccc2N)s1. The molecule has 0 saturated heterocycles. The van der Waals surface area contributed by atoms with Gasteiger partial charge in [-0.3, -0.25) is 0 Å². The van der Waals surface area contributed by atoms with Crippen LogP contribution < -0.4 is 10.5 Å². The predicted molar refractivity (Wildman–Crippen MR) is 86.6 cm³/mol. The smallest absolute Gasteiger partial charge is 0.216 e. The maximum Gasteiger partial charge on any atom is 0.216 e. The van der Waals surface area contributed by atoms with Crippen molar-refractivity contribution in [2.75, 3.05) is 5.73 Å². The van der Waals surface area contributed by atoms with Gasteiger partial charge in [0.25, 0.3) is 0 Å². The third kappa shape index (κ3) is 4.03. The van der Waals surface area contributed by atoms with Crippen molar-refractivity contribution in [2.45, 2.75) is 32.6 Å². The lowest BCUT2D eigenvalue weighted by Crippen LogP contribution is -2.28. The number of thiazole rings is 1. The van der Waals surface area contributed by atoms with Gasteiger partial charge in [-0.25, -0.2) is 18.1 Å². The number of hydrogen-bond acceptors (Lipinski definition) is 5. The van der Waals surface area contributed by atoms with Gasteiger partial charge in [-0.05, 0) is 32.4 Å². The molecule has 1 aromatic carbocycles. The molecule has 2 aromatic rings. The van der Waals surface area contributed by atoms with Gasteiger partial charge < -0.3 is 5.73 Å². The molecule has 2 rings (SSSR count). The normalized spacial score (nSPS) is 13.3. The zero-order valence-electron chi connectivity index (χ0n) is 12.3. The van der Waals surface area contributed by atoms with E-state index in [2.05, 4.69) is 9.71 Å². The first-order valence-corrected chi connectivity index (χ1v) is 9.02. The highest BCUT2D eigenvalue weighted by Crippen LogP contribution is 2.25. The Bertz CT molecular complexity index is 738. The van der Waals surface area contributed by atoms with Crippen molar-refractivity contribution in [3.63, 3.8) is 0 Å². The molecule has 0 aliphatic carbocycles. The summed E-state index contributed by atoms with van der Waals surface area (Å²) in [5.74, 6) is -0.124. The second-order valence-corrected chi connectivity index (χ2v) is 7.97. The highest BCUT2D eigenvalue weighted by molar-refractivity contribution is 7.88. The van der Waals surface area contributed by atoms with Crippen molar-refractivity contribution in [1.82, 2.24) is 9.71 Å². The Morgan fingerprint density at radius 2 is 2.00 bits per heavy atom. The Morgan fingerprint density at radius 3 is 2.57 bits per heavy atom. The number of nitrogen functional groups attached to an aromatic ring is 1. The molecule has 1 aromatic heterocycles. The summed E-state index contributed by atoms with van der Waals surface area (Å²) in [6, 6.07) is 6.68. The van der Waals surface area contributed by atoms with Crippen molar-refractivity contribution in [1.29, 1.82) is 0 Å². The number of hydrogen-bond donors (Lipinski definition) is 2. The molecule has 0 amide bonds. The van der Waals surface area contributed by atoms with Crippen LogP contribution in [0.5, 0.6) is 0 Å². The largest absolute Gasteiger partial charge is 0.398 e. The lowest BCUT2D eigenvalue weighted by Gasteiger charge is -2.14. The van der Waals surface area contributed by atoms with Crippen LogP contribution >= 0.6 is 11.3 Å². The quantitative estimate of drug-likeness (QED) is 0.827. The van der Waals surface area contributed by atoms with Gasteiger partial charge in [0.1, 0.15) is 0 Å². The Hall–Kier alpha value is -1.44. The minimum Gasteiger partial charge on any atom is -0.398 e. The predicted octanol–water partition coefficient (Wildman–Crippen LogP) is 2.52. The summed E-state index contributed by atoms with van der Waals surface area (Å²) in [6.45, 7) is 5.62. The average Bonchev–Trinajstić information content (AvgIpc) is 2.70. The molecule has 0 fully saturated rings. The Labute approximate surface area is 129 Å². The summed E-state index contributed by atoms with van der Waals surface area (Å²) in [6.07, 6.45) is 0. The standard InChI is InChI=1S/C14H19N3O2S2/c1-9-14(20-11(3)16-9)10(2)17-21(18,19)8-12-6-4-5-7-13(12)15/h4-7,10,17H,8,15H2,1-3H3. The van der Waals surface area contributed by atoms with Crippen LogP contribution in [0.15, 0.2) is 24.3 Å². The van der Waals surface area contributed by atoms with Gasteiger partial charge in [0.15, 0.2) is 0 Å². The maximum atomic E-state index is 12.3. The third-order valence-corrected chi connectivity index (χ3v) is 5.75. The zero-order valence-corrected chi connectivity index (χ0v) is 13.9. The molecule has 0 bridgehead atoms. The van der Waals surface area contributed by atoms with Crippen LogP contribution in [0, 0.1) is 13.8 Å². The summed E-state index contributed by atoms with van der Waals surface area (Å²) in [4.78, 5) is 5.27. The molecule has 0 saturated carbocycles. The molecule has 21 heavy (non-hydrogen) atoms. The summed E-state index contributed by atoms with van der Waals surface area (Å²) < 4.78 is 27.2. The Balaban J connectivity index is 2.14. The van der Waals surface area contributed by atoms with E-state index in [1.54, 1.807) is 24.3 Å². The first kappa shape index (κ1) is 15.9. The molecule has 3 N–H and O–H groups in total. The van der Waals surface area contributed by atoms with Gasteiger partial charge in [0, 0.05) is 10.6 Å². The second-order valence-electron chi connectivity index (χ2n) is 4.98. The molecule has 7 heteroatoms. The van der Waals surface area contributed by atoms with Crippen LogP contribution in [0.3, 0.4) is 0 Å². The minimum absolute atomic E-state index is 0.124. The molecule has 1 atom stereocenters. The fourth-order valence-corrected chi connectivity index (χ4v) is 4.60. The van der Waals surface area contributed by atoms with Crippen LogP contribution in [0.4, 0.5) is 5.69 Å². The van der Waals surface area contributed by atoms with Crippen molar-refractivity contribution >= 4 is 27.0 Å². The fourth-order valence-electron chi connectivity index (χ4n) is 2.18. The van der Waals surface area contributed by atoms with Crippen molar-refractivity contribution < 1.29 is 8.42 Å². The number of para-hydroxylation sites is 1. The van der Waals surface area contributed by atoms with Gasteiger partial charge in [-0.2, -0.15) is 0 Å². The number of nitrogens with two attached hydrogens (primary N) is 1. The average molecular weight is 325 g/mol. The molecule has 114 valence electrons. The minimum atomic E-state index is -3.46. The van der Waals surface area contributed by atoms with Gasteiger partial charge in [0.05, 0.1) is 22.5 Å². The van der Waals surface area contributed by atoms with Gasteiger partial charge in [0.2, 0.25) is 10.0 Å². The maximum absolute atomic E-state index is 12.3. The van der Waals surface area contributed by atoms with E-state index in [9.17, 15) is 8.42 Å². The third-order valence-electron chi connectivity index (χ3n) is 3.09. The molecule has 0 radical (unpaired) electrons. The van der Waals surface area contributed by atoms with E-state index >= 15 is 0 Å². The molecule has 1 heterocycles. The lowest BCUT2D eigenvalue weighted by molar-refractivity contribution is 0.567. The number of nitrogens with zero attached hydrogens (tertiary/aromatic N) is 1. The van der Waals surface area contributed by atoms with Crippen molar-refractivity contribution in [2.24, 2.45) is 0 Å². The molecular weight excluding hydrogens is 306 g/mol. The molecule has 0 aliphatic heterocycles. The number of anilines is 1. The molecule has 0 spiro atoms. The van der Waals surface area contributed by atoms with Gasteiger partial charge in [-0.1, -0.05) is 18.2 Å². The van der Waals surface area contributed by atoms with E-state index in [1.165, 1.54) is 11.3 Å². The monoisotopic (exact) mass is 325 g/mol. The summed E-state index contributed by atoms with van der Waals surface area (Å²) in [5.41, 5.74) is 7.76. The first-order chi connectivity index (χ1) is 9.78. The molecular formula is C14H19N3O2S2. The van der Waals surface area contributed by atoms with E-state index in [0.29, 0.717) is 11.3 Å². The van der Waals surface area contributed by atoms with Crippen molar-refractivity contribution in [3.05, 3.63) is 45.4 Å². The van der Waals surface area contributed by atoms with Crippen LogP contribution in [0.1, 0.15) is 34.1 Å². The Kier molecular flexibility index (Phi) is 4.65. The summed E-state index contributed by atoms with van der Waals surface area (Å²) in [7, 11) is -3.46. The molecule has 5 nitrogen and oxygen atoms in total. The van der Waals surface area contributed by atoms with E-state index in [1.807, 2.05) is 20.8 Å². The van der Waals surface area contributed by atoms with E-state index in [4.69, 9.17) is 5.73 Å². The van der Waals surface area contributed by atoms with Crippen LogP contribution in [-0.2, 0) is 15.8 Å². The fraction of sp³-hybridized carbons (Fsp3) is 0.357. The molecule has 0 aliphatic rings. The summed E-state index contributed by atoms with van der Waals surface area (Å²) in [5, 5.41) is 0.931. The number of aryl methyl sites for hydroxylation is 2. The summed E-state index contributed by atoms with van der Waals surface area (Å²) >= 11 is 1.51. The van der Waals surface area contributed by atoms with Crippen LogP contribution in [0.2, 0.25) is 0 Å². The van der Waals surface area contributed by atoms with Crippen LogP contribution in [-0.4, -0.2) is 13.4 Å². The first-order valence-electron chi connectivity index (χ1n) is 6.56. The van der Waals surface area contributed by atoms with E-state index in [-0.39, 0.29) is 11.8 Å². The second kappa shape index (κ2) is 6.13. The zero-order chi connectivity index (χ0) is 15.6. The number of aromatic nitrogens is 1. The van der Waals surface area contributed by atoms with Gasteiger partial charge in [-0.15, -0.1) is 11.3 Å². The van der Waals surface area contributed by atoms with Crippen LogP contribution in [0.25, 0.3) is 0 Å². The molecule has 1 unspecified atom stereocenters. The van der Waals surface area contributed by atoms with E-state index < -0.39 is 10.0 Å².